The van der Waals surface area contributed by atoms with Gasteiger partial charge in [-0.05, 0) is 18.2 Å². The highest BCUT2D eigenvalue weighted by Gasteiger charge is 1.96. The van der Waals surface area contributed by atoms with Crippen LogP contribution in [0, 0.1) is 34.5 Å². The maximum absolute atomic E-state index is 8.57. The zero-order chi connectivity index (χ0) is 9.68. The van der Waals surface area contributed by atoms with Gasteiger partial charge in [-0.1, -0.05) is 5.92 Å². The van der Waals surface area contributed by atoms with Crippen LogP contribution >= 0.6 is 0 Å². The summed E-state index contributed by atoms with van der Waals surface area (Å²) < 4.78 is 0. The second-order valence-electron chi connectivity index (χ2n) is 2.28. The first-order chi connectivity index (χ1) is 6.27. The minimum Gasteiger partial charge on any atom is -0.398 e. The van der Waals surface area contributed by atoms with Crippen molar-refractivity contribution in [2.24, 2.45) is 0 Å². The van der Waals surface area contributed by atoms with Gasteiger partial charge < -0.3 is 5.73 Å². The standard InChI is InChI=1S/C10H5N3/c11-5-1-2-8-3-4-9(7-12)10(13)6-8/h3-4,6H,13H2. The van der Waals surface area contributed by atoms with E-state index in [1.807, 2.05) is 6.07 Å². The summed E-state index contributed by atoms with van der Waals surface area (Å²) in [6, 6.07) is 8.44. The molecular weight excluding hydrogens is 162 g/mol. The van der Waals surface area contributed by atoms with Gasteiger partial charge in [0.25, 0.3) is 0 Å². The van der Waals surface area contributed by atoms with E-state index >= 15 is 0 Å². The minimum atomic E-state index is 0.382. The largest absolute Gasteiger partial charge is 0.398 e. The van der Waals surface area contributed by atoms with E-state index in [4.69, 9.17) is 16.3 Å². The van der Waals surface area contributed by atoms with Crippen LogP contribution in [0.5, 0.6) is 0 Å². The highest BCUT2D eigenvalue weighted by atomic mass is 14.6. The smallest absolute Gasteiger partial charge is 0.152 e. The quantitative estimate of drug-likeness (QED) is 0.463. The number of nitriles is 2. The molecule has 0 aliphatic rings. The molecule has 1 rings (SSSR count). The summed E-state index contributed by atoms with van der Waals surface area (Å²) in [5.74, 6) is 4.83. The maximum Gasteiger partial charge on any atom is 0.152 e. The summed E-state index contributed by atoms with van der Waals surface area (Å²) in [7, 11) is 0. The van der Waals surface area contributed by atoms with Crippen molar-refractivity contribution in [1.29, 1.82) is 10.5 Å². The van der Waals surface area contributed by atoms with Gasteiger partial charge in [-0.3, -0.25) is 0 Å². The molecule has 0 bridgehead atoms. The van der Waals surface area contributed by atoms with Gasteiger partial charge in [-0.2, -0.15) is 10.5 Å². The fraction of sp³-hybridized carbons (Fsp3) is 0. The number of nitrogens with zero attached hydrogens (tertiary/aromatic N) is 2. The van der Waals surface area contributed by atoms with Crippen LogP contribution < -0.4 is 5.73 Å². The van der Waals surface area contributed by atoms with Crippen LogP contribution in [-0.2, 0) is 0 Å². The molecule has 0 aromatic heterocycles. The van der Waals surface area contributed by atoms with Crippen LogP contribution in [0.2, 0.25) is 0 Å². The van der Waals surface area contributed by atoms with Crippen LogP contribution in [0.1, 0.15) is 11.1 Å². The first-order valence-electron chi connectivity index (χ1n) is 3.47. The zero-order valence-electron chi connectivity index (χ0n) is 6.70. The summed E-state index contributed by atoms with van der Waals surface area (Å²) >= 11 is 0. The van der Waals surface area contributed by atoms with E-state index in [-0.39, 0.29) is 0 Å². The monoisotopic (exact) mass is 167 g/mol. The lowest BCUT2D eigenvalue weighted by Crippen LogP contribution is -1.90. The number of nitrogen functional groups attached to an aromatic ring is 1. The van der Waals surface area contributed by atoms with Crippen LogP contribution in [0.3, 0.4) is 0 Å². The van der Waals surface area contributed by atoms with Gasteiger partial charge in [-0.15, -0.1) is 0 Å². The molecule has 0 heterocycles. The Morgan fingerprint density at radius 1 is 1.23 bits per heavy atom. The maximum atomic E-state index is 8.57. The van der Waals surface area contributed by atoms with Gasteiger partial charge in [0.05, 0.1) is 11.3 Å². The molecule has 0 fully saturated rings. The zero-order valence-corrected chi connectivity index (χ0v) is 6.70. The summed E-state index contributed by atoms with van der Waals surface area (Å²) in [6.45, 7) is 0. The van der Waals surface area contributed by atoms with Crippen molar-refractivity contribution in [3.05, 3.63) is 29.3 Å². The fourth-order valence-electron chi connectivity index (χ4n) is 0.842. The van der Waals surface area contributed by atoms with Crippen molar-refractivity contribution in [3.63, 3.8) is 0 Å². The Hall–Kier alpha value is -2.44. The summed E-state index contributed by atoms with van der Waals surface area (Å²) in [4.78, 5) is 0. The first-order valence-corrected chi connectivity index (χ1v) is 3.47. The molecule has 1 aromatic rings. The molecule has 0 aliphatic carbocycles. The normalized spacial score (nSPS) is 7.54. The van der Waals surface area contributed by atoms with Crippen LogP contribution in [0.4, 0.5) is 5.69 Å². The molecule has 0 saturated carbocycles. The van der Waals surface area contributed by atoms with Crippen LogP contribution in [-0.4, -0.2) is 0 Å². The molecule has 0 atom stereocenters. The van der Waals surface area contributed by atoms with Gasteiger partial charge in [0, 0.05) is 11.5 Å². The molecule has 1 aromatic carbocycles. The van der Waals surface area contributed by atoms with Gasteiger partial charge >= 0.3 is 0 Å². The van der Waals surface area contributed by atoms with Crippen LogP contribution in [0.25, 0.3) is 0 Å². The second-order valence-corrected chi connectivity index (χ2v) is 2.28. The number of anilines is 1. The fourth-order valence-corrected chi connectivity index (χ4v) is 0.842. The molecule has 0 aliphatic heterocycles. The van der Waals surface area contributed by atoms with E-state index in [1.165, 1.54) is 0 Å². The van der Waals surface area contributed by atoms with E-state index in [0.29, 0.717) is 16.8 Å². The Labute approximate surface area is 76.0 Å². The summed E-state index contributed by atoms with van der Waals surface area (Å²) in [5.41, 5.74) is 6.97. The van der Waals surface area contributed by atoms with E-state index < -0.39 is 0 Å². The number of hydrogen-bond acceptors (Lipinski definition) is 3. The van der Waals surface area contributed by atoms with Crippen molar-refractivity contribution in [2.75, 3.05) is 5.73 Å². The molecule has 13 heavy (non-hydrogen) atoms. The Morgan fingerprint density at radius 3 is 2.54 bits per heavy atom. The van der Waals surface area contributed by atoms with E-state index in [1.54, 1.807) is 24.3 Å². The number of rotatable bonds is 0. The SMILES string of the molecule is N#CC#Cc1ccc(C#N)c(N)c1. The third kappa shape index (κ3) is 1.99. The molecule has 2 N–H and O–H groups in total. The van der Waals surface area contributed by atoms with Crippen molar-refractivity contribution in [3.8, 4) is 24.0 Å². The minimum absolute atomic E-state index is 0.382. The third-order valence-corrected chi connectivity index (χ3v) is 1.43. The summed E-state index contributed by atoms with van der Waals surface area (Å²) in [5, 5.41) is 16.8. The Morgan fingerprint density at radius 2 is 2.00 bits per heavy atom. The predicted molar refractivity (Wildman–Crippen MR) is 48.1 cm³/mol. The molecule has 0 unspecified atom stereocenters. The first kappa shape index (κ1) is 8.65. The molecule has 0 saturated heterocycles. The molecule has 60 valence electrons. The number of hydrogen-bond donors (Lipinski definition) is 1. The van der Waals surface area contributed by atoms with Gasteiger partial charge in [-0.25, -0.2) is 0 Å². The molecule has 0 amide bonds. The van der Waals surface area contributed by atoms with Gasteiger partial charge in [0.2, 0.25) is 0 Å². The lowest BCUT2D eigenvalue weighted by Gasteiger charge is -1.96. The average molecular weight is 167 g/mol. The lowest BCUT2D eigenvalue weighted by molar-refractivity contribution is 1.48. The van der Waals surface area contributed by atoms with E-state index in [0.717, 1.165) is 0 Å². The third-order valence-electron chi connectivity index (χ3n) is 1.43. The lowest BCUT2D eigenvalue weighted by atomic mass is 10.1. The number of benzene rings is 1. The Kier molecular flexibility index (Phi) is 2.54. The Balaban J connectivity index is 3.13. The van der Waals surface area contributed by atoms with Crippen molar-refractivity contribution in [2.45, 2.75) is 0 Å². The summed E-state index contributed by atoms with van der Waals surface area (Å²) in [6.07, 6.45) is 0. The van der Waals surface area contributed by atoms with Gasteiger partial charge in [0.1, 0.15) is 6.07 Å². The highest BCUT2D eigenvalue weighted by Crippen LogP contribution is 2.11. The molecule has 3 heteroatoms. The topological polar surface area (TPSA) is 73.6 Å². The number of nitrogens with two attached hydrogens (primary N) is 1. The molecule has 0 radical (unpaired) electrons. The van der Waals surface area contributed by atoms with Crippen molar-refractivity contribution in [1.82, 2.24) is 0 Å². The predicted octanol–water partition coefficient (Wildman–Crippen LogP) is 1.02. The van der Waals surface area contributed by atoms with E-state index in [2.05, 4.69) is 11.8 Å². The van der Waals surface area contributed by atoms with Gasteiger partial charge in [0.15, 0.2) is 6.07 Å². The second kappa shape index (κ2) is 3.81. The van der Waals surface area contributed by atoms with Crippen LogP contribution in [0.15, 0.2) is 18.2 Å². The highest BCUT2D eigenvalue weighted by molar-refractivity contribution is 5.58. The van der Waals surface area contributed by atoms with Crippen molar-refractivity contribution < 1.29 is 0 Å². The molecule has 0 spiro atoms. The van der Waals surface area contributed by atoms with Crippen molar-refractivity contribution >= 4 is 5.69 Å². The van der Waals surface area contributed by atoms with E-state index in [9.17, 15) is 0 Å². The molecular formula is C10H5N3. The molecule has 3 nitrogen and oxygen atoms in total. The average Bonchev–Trinajstić information content (AvgIpc) is 2.15. The Bertz CT molecular complexity index is 464.